The smallest absolute Gasteiger partial charge is 0.138 e. The first-order chi connectivity index (χ1) is 10.1. The second-order valence-electron chi connectivity index (χ2n) is 6.32. The monoisotopic (exact) mass is 414 g/mol. The van der Waals surface area contributed by atoms with Gasteiger partial charge in [0.1, 0.15) is 6.17 Å². The van der Waals surface area contributed by atoms with E-state index in [1.54, 1.807) is 0 Å². The van der Waals surface area contributed by atoms with E-state index >= 15 is 0 Å². The normalized spacial score (nSPS) is 39.1. The van der Waals surface area contributed by atoms with E-state index in [-0.39, 0.29) is 10.5 Å². The molecule has 0 radical (unpaired) electrons. The predicted octanol–water partition coefficient (Wildman–Crippen LogP) is 2.12. The Balaban J connectivity index is 1.76. The van der Waals surface area contributed by atoms with Gasteiger partial charge in [-0.05, 0) is 31.4 Å². The number of nitrogens with one attached hydrogen (secondary N) is 2. The Bertz CT molecular complexity index is 558. The average molecular weight is 416 g/mol. The number of nitrogens with zero attached hydrogens (tertiary/aromatic N) is 2. The summed E-state index contributed by atoms with van der Waals surface area (Å²) in [6.07, 6.45) is 4.89. The van der Waals surface area contributed by atoms with Gasteiger partial charge in [0, 0.05) is 30.7 Å². The number of allylic oxidation sites excluding steroid dienone is 4. The maximum atomic E-state index is 5.14. The average Bonchev–Trinajstić information content (AvgIpc) is 2.88. The van der Waals surface area contributed by atoms with E-state index in [2.05, 4.69) is 60.4 Å². The summed E-state index contributed by atoms with van der Waals surface area (Å²) in [5, 5.41) is 7.12. The first-order valence-electron chi connectivity index (χ1n) is 7.68. The van der Waals surface area contributed by atoms with Crippen LogP contribution in [0.2, 0.25) is 0 Å². The van der Waals surface area contributed by atoms with Crippen LogP contribution in [0.25, 0.3) is 0 Å². The van der Waals surface area contributed by atoms with Gasteiger partial charge in [-0.15, -0.1) is 0 Å². The second-order valence-corrected chi connectivity index (χ2v) is 8.76. The van der Waals surface area contributed by atoms with Gasteiger partial charge in [-0.2, -0.15) is 0 Å². The molecule has 0 spiro atoms. The van der Waals surface area contributed by atoms with Crippen molar-refractivity contribution in [2.45, 2.75) is 36.3 Å². The van der Waals surface area contributed by atoms with E-state index in [1.165, 1.54) is 27.9 Å². The molecular formula is C15H20Br2N4. The maximum absolute atomic E-state index is 5.14. The molecule has 1 fully saturated rings. The van der Waals surface area contributed by atoms with E-state index in [9.17, 15) is 0 Å². The maximum Gasteiger partial charge on any atom is 0.138 e. The Morgan fingerprint density at radius 3 is 3.05 bits per heavy atom. The van der Waals surface area contributed by atoms with E-state index in [0.717, 1.165) is 32.6 Å². The first-order valence-corrected chi connectivity index (χ1v) is 9.27. The molecule has 114 valence electrons. The minimum atomic E-state index is -0.196. The molecule has 0 aromatic heterocycles. The Kier molecular flexibility index (Phi) is 3.56. The Morgan fingerprint density at radius 2 is 2.29 bits per heavy atom. The van der Waals surface area contributed by atoms with Crippen LogP contribution in [-0.2, 0) is 0 Å². The molecule has 0 amide bonds. The van der Waals surface area contributed by atoms with E-state index in [4.69, 9.17) is 4.99 Å². The molecule has 3 atom stereocenters. The Morgan fingerprint density at radius 1 is 1.43 bits per heavy atom. The Labute approximate surface area is 142 Å². The van der Waals surface area contributed by atoms with Gasteiger partial charge < -0.3 is 15.5 Å². The summed E-state index contributed by atoms with van der Waals surface area (Å²) in [4.78, 5) is 7.67. The molecule has 21 heavy (non-hydrogen) atoms. The summed E-state index contributed by atoms with van der Waals surface area (Å²) in [5.74, 6) is 0. The van der Waals surface area contributed by atoms with Gasteiger partial charge in [0.2, 0.25) is 0 Å². The molecule has 4 rings (SSSR count). The summed E-state index contributed by atoms with van der Waals surface area (Å²) in [6, 6.07) is 0.394. The standard InChI is InChI=1S/C15H20Br2N4/c1-15(17)11(16)7-9-3-2-6-21-12(9)13(15)20-14(21)10-8-18-4-5-19-10/h7,10,14,18-19H,2-6,8H2,1H3. The molecule has 6 heteroatoms. The zero-order valence-corrected chi connectivity index (χ0v) is 15.3. The molecule has 0 aromatic rings. The number of rotatable bonds is 1. The molecule has 1 aliphatic carbocycles. The fourth-order valence-corrected chi connectivity index (χ4v) is 4.62. The summed E-state index contributed by atoms with van der Waals surface area (Å²) in [5.41, 5.74) is 4.01. The second kappa shape index (κ2) is 5.18. The molecule has 0 aromatic carbocycles. The van der Waals surface area contributed by atoms with Crippen molar-refractivity contribution >= 4 is 37.6 Å². The van der Waals surface area contributed by atoms with Crippen LogP contribution in [0.3, 0.4) is 0 Å². The van der Waals surface area contributed by atoms with Crippen molar-refractivity contribution in [1.82, 2.24) is 15.5 Å². The van der Waals surface area contributed by atoms with Gasteiger partial charge in [-0.1, -0.05) is 31.9 Å². The quantitative estimate of drug-likeness (QED) is 0.644. The minimum Gasteiger partial charge on any atom is -0.347 e. The van der Waals surface area contributed by atoms with Crippen molar-refractivity contribution in [3.8, 4) is 0 Å². The van der Waals surface area contributed by atoms with Gasteiger partial charge in [-0.3, -0.25) is 4.99 Å². The molecule has 0 bridgehead atoms. The number of alkyl halides is 1. The third-order valence-electron chi connectivity index (χ3n) is 4.87. The summed E-state index contributed by atoms with van der Waals surface area (Å²) in [6.45, 7) is 6.38. The topological polar surface area (TPSA) is 39.7 Å². The highest BCUT2D eigenvalue weighted by Crippen LogP contribution is 2.47. The van der Waals surface area contributed by atoms with Crippen molar-refractivity contribution in [2.75, 3.05) is 26.2 Å². The van der Waals surface area contributed by atoms with Crippen molar-refractivity contribution in [3.63, 3.8) is 0 Å². The van der Waals surface area contributed by atoms with Gasteiger partial charge in [0.05, 0.1) is 21.8 Å². The van der Waals surface area contributed by atoms with Crippen molar-refractivity contribution in [3.05, 3.63) is 21.8 Å². The molecule has 4 aliphatic rings. The molecular weight excluding hydrogens is 396 g/mol. The lowest BCUT2D eigenvalue weighted by Crippen LogP contribution is -2.57. The van der Waals surface area contributed by atoms with Crippen LogP contribution in [0.4, 0.5) is 0 Å². The van der Waals surface area contributed by atoms with Crippen molar-refractivity contribution in [2.24, 2.45) is 4.99 Å². The molecule has 3 aliphatic heterocycles. The van der Waals surface area contributed by atoms with Crippen LogP contribution in [0.1, 0.15) is 19.8 Å². The fourth-order valence-electron chi connectivity index (χ4n) is 3.75. The molecule has 4 nitrogen and oxygen atoms in total. The molecule has 1 saturated heterocycles. The van der Waals surface area contributed by atoms with Gasteiger partial charge in [0.25, 0.3) is 0 Å². The van der Waals surface area contributed by atoms with Gasteiger partial charge in [0.15, 0.2) is 0 Å². The molecule has 3 heterocycles. The van der Waals surface area contributed by atoms with Gasteiger partial charge in [-0.25, -0.2) is 0 Å². The van der Waals surface area contributed by atoms with E-state index < -0.39 is 0 Å². The summed E-state index contributed by atoms with van der Waals surface area (Å²) >= 11 is 7.62. The zero-order chi connectivity index (χ0) is 14.6. The number of hydrogen-bond donors (Lipinski definition) is 2. The summed E-state index contributed by atoms with van der Waals surface area (Å²) in [7, 11) is 0. The first kappa shape index (κ1) is 14.4. The highest BCUT2D eigenvalue weighted by Gasteiger charge is 2.47. The van der Waals surface area contributed by atoms with E-state index in [0.29, 0.717) is 6.04 Å². The Hall–Kier alpha value is -0.170. The lowest BCUT2D eigenvalue weighted by atomic mass is 9.88. The number of halogens is 2. The molecule has 3 unspecified atom stereocenters. The lowest BCUT2D eigenvalue weighted by Gasteiger charge is -2.39. The zero-order valence-electron chi connectivity index (χ0n) is 12.1. The van der Waals surface area contributed by atoms with Gasteiger partial charge >= 0.3 is 0 Å². The fraction of sp³-hybridized carbons (Fsp3) is 0.667. The summed E-state index contributed by atoms with van der Waals surface area (Å²) < 4.78 is 0.989. The van der Waals surface area contributed by atoms with Crippen LogP contribution in [0.15, 0.2) is 26.8 Å². The van der Waals surface area contributed by atoms with Crippen molar-refractivity contribution in [1.29, 1.82) is 0 Å². The highest BCUT2D eigenvalue weighted by molar-refractivity contribution is 9.14. The van der Waals surface area contributed by atoms with E-state index in [1.807, 2.05) is 0 Å². The minimum absolute atomic E-state index is 0.196. The predicted molar refractivity (Wildman–Crippen MR) is 93.2 cm³/mol. The SMILES string of the molecule is CC1(Br)C(Br)=CC2=C3C1=NC(C1CNCCN1)N3CCC2. The molecule has 2 N–H and O–H groups in total. The number of aliphatic imine (C=N–C) groups is 1. The van der Waals surface area contributed by atoms with Crippen LogP contribution in [-0.4, -0.2) is 53.3 Å². The van der Waals surface area contributed by atoms with Crippen molar-refractivity contribution < 1.29 is 0 Å². The van der Waals surface area contributed by atoms with Crippen LogP contribution in [0, 0.1) is 0 Å². The lowest BCUT2D eigenvalue weighted by molar-refractivity contribution is 0.204. The molecule has 0 saturated carbocycles. The van der Waals surface area contributed by atoms with Crippen LogP contribution in [0.5, 0.6) is 0 Å². The highest BCUT2D eigenvalue weighted by atomic mass is 79.9. The van der Waals surface area contributed by atoms with Crippen LogP contribution >= 0.6 is 31.9 Å². The number of hydrogen-bond acceptors (Lipinski definition) is 4. The number of piperazine rings is 1. The largest absolute Gasteiger partial charge is 0.347 e. The van der Waals surface area contributed by atoms with Crippen LogP contribution < -0.4 is 10.6 Å². The third kappa shape index (κ3) is 2.18. The third-order valence-corrected chi connectivity index (χ3v) is 7.22.